The normalized spacial score (nSPS) is 22.6. The fourth-order valence-corrected chi connectivity index (χ4v) is 2.17. The van der Waals surface area contributed by atoms with Gasteiger partial charge in [0.15, 0.2) is 5.75 Å². The molecule has 0 bridgehead atoms. The zero-order chi connectivity index (χ0) is 14.8. The summed E-state index contributed by atoms with van der Waals surface area (Å²) in [7, 11) is 0. The molecule has 0 spiro atoms. The number of hydrogen-bond acceptors (Lipinski definition) is 3. The van der Waals surface area contributed by atoms with Crippen LogP contribution in [0.15, 0.2) is 24.3 Å². The van der Waals surface area contributed by atoms with Crippen LogP contribution in [-0.2, 0) is 4.79 Å². The first-order valence-electron chi connectivity index (χ1n) is 6.23. The Bertz CT molecular complexity index is 491. The van der Waals surface area contributed by atoms with Gasteiger partial charge >= 0.3 is 6.36 Å². The van der Waals surface area contributed by atoms with Crippen molar-refractivity contribution in [1.82, 2.24) is 5.32 Å². The highest BCUT2D eigenvalue weighted by atomic mass is 19.4. The maximum atomic E-state index is 12.3. The first-order chi connectivity index (χ1) is 9.37. The molecule has 0 saturated carbocycles. The third kappa shape index (κ3) is 3.63. The summed E-state index contributed by atoms with van der Waals surface area (Å²) in [6, 6.07) is 5.50. The fourth-order valence-electron chi connectivity index (χ4n) is 2.17. The molecule has 20 heavy (non-hydrogen) atoms. The van der Waals surface area contributed by atoms with E-state index in [2.05, 4.69) is 15.4 Å². The monoisotopic (exact) mass is 288 g/mol. The number of rotatable bonds is 3. The van der Waals surface area contributed by atoms with Crippen molar-refractivity contribution in [2.75, 3.05) is 18.4 Å². The van der Waals surface area contributed by atoms with E-state index in [-0.39, 0.29) is 23.4 Å². The molecule has 1 amide bonds. The van der Waals surface area contributed by atoms with E-state index in [1.165, 1.54) is 24.3 Å². The van der Waals surface area contributed by atoms with Gasteiger partial charge in [0, 0.05) is 6.54 Å². The molecule has 1 aliphatic rings. The molecule has 110 valence electrons. The van der Waals surface area contributed by atoms with Gasteiger partial charge in [-0.05, 0) is 24.6 Å². The Morgan fingerprint density at radius 2 is 2.05 bits per heavy atom. The van der Waals surface area contributed by atoms with Gasteiger partial charge in [-0.15, -0.1) is 13.2 Å². The predicted molar refractivity (Wildman–Crippen MR) is 67.3 cm³/mol. The summed E-state index contributed by atoms with van der Waals surface area (Å²) in [4.78, 5) is 12.1. The highest BCUT2D eigenvalue weighted by molar-refractivity contribution is 5.94. The van der Waals surface area contributed by atoms with Crippen LogP contribution >= 0.6 is 0 Å². The second-order valence-electron chi connectivity index (χ2n) is 4.78. The molecule has 1 fully saturated rings. The van der Waals surface area contributed by atoms with E-state index in [0.717, 1.165) is 6.54 Å². The van der Waals surface area contributed by atoms with Gasteiger partial charge in [-0.1, -0.05) is 19.1 Å². The van der Waals surface area contributed by atoms with E-state index in [0.29, 0.717) is 6.54 Å². The lowest BCUT2D eigenvalue weighted by Gasteiger charge is -2.17. The summed E-state index contributed by atoms with van der Waals surface area (Å²) in [5.74, 6) is -0.827. The minimum Gasteiger partial charge on any atom is -0.404 e. The molecule has 7 heteroatoms. The lowest BCUT2D eigenvalue weighted by atomic mass is 9.97. The van der Waals surface area contributed by atoms with Crippen LogP contribution in [0.1, 0.15) is 6.92 Å². The van der Waals surface area contributed by atoms with Crippen LogP contribution in [0.2, 0.25) is 0 Å². The highest BCUT2D eigenvalue weighted by Gasteiger charge is 2.33. The molecule has 2 atom stereocenters. The van der Waals surface area contributed by atoms with E-state index in [9.17, 15) is 18.0 Å². The van der Waals surface area contributed by atoms with Gasteiger partial charge < -0.3 is 15.4 Å². The van der Waals surface area contributed by atoms with Crippen molar-refractivity contribution in [3.05, 3.63) is 24.3 Å². The van der Waals surface area contributed by atoms with Crippen LogP contribution in [0, 0.1) is 11.8 Å². The summed E-state index contributed by atoms with van der Waals surface area (Å²) in [5.41, 5.74) is 0.0222. The summed E-state index contributed by atoms with van der Waals surface area (Å²) >= 11 is 0. The highest BCUT2D eigenvalue weighted by Crippen LogP contribution is 2.30. The molecule has 1 aromatic carbocycles. The third-order valence-electron chi connectivity index (χ3n) is 3.22. The van der Waals surface area contributed by atoms with E-state index < -0.39 is 12.1 Å². The number of para-hydroxylation sites is 2. The molecule has 2 N–H and O–H groups in total. The molecule has 2 rings (SSSR count). The molecule has 1 aliphatic heterocycles. The zero-order valence-corrected chi connectivity index (χ0v) is 10.8. The molecule has 0 radical (unpaired) electrons. The Morgan fingerprint density at radius 3 is 2.65 bits per heavy atom. The maximum absolute atomic E-state index is 12.3. The van der Waals surface area contributed by atoms with Crippen molar-refractivity contribution in [2.45, 2.75) is 13.3 Å². The van der Waals surface area contributed by atoms with Gasteiger partial charge in [0.25, 0.3) is 0 Å². The zero-order valence-electron chi connectivity index (χ0n) is 10.8. The van der Waals surface area contributed by atoms with Crippen LogP contribution < -0.4 is 15.4 Å². The average Bonchev–Trinajstić information content (AvgIpc) is 2.76. The van der Waals surface area contributed by atoms with Gasteiger partial charge in [-0.3, -0.25) is 4.79 Å². The van der Waals surface area contributed by atoms with Gasteiger partial charge in [0.05, 0.1) is 11.6 Å². The number of carbonyl (C=O) groups excluding carboxylic acids is 1. The largest absolute Gasteiger partial charge is 0.573 e. The van der Waals surface area contributed by atoms with Gasteiger partial charge in [-0.2, -0.15) is 0 Å². The Balaban J connectivity index is 2.11. The molecular weight excluding hydrogens is 273 g/mol. The minimum absolute atomic E-state index is 0.0222. The van der Waals surface area contributed by atoms with E-state index in [1.807, 2.05) is 6.92 Å². The fraction of sp³-hybridized carbons (Fsp3) is 0.462. The molecule has 0 aliphatic carbocycles. The van der Waals surface area contributed by atoms with Crippen molar-refractivity contribution in [1.29, 1.82) is 0 Å². The number of amides is 1. The smallest absolute Gasteiger partial charge is 0.404 e. The van der Waals surface area contributed by atoms with Crippen LogP contribution in [0.5, 0.6) is 5.75 Å². The molecule has 1 aromatic rings. The first kappa shape index (κ1) is 14.6. The molecular formula is C13H15F3N2O2. The number of benzene rings is 1. The number of ether oxygens (including phenoxy) is 1. The summed E-state index contributed by atoms with van der Waals surface area (Å²) in [5, 5.41) is 5.57. The van der Waals surface area contributed by atoms with E-state index in [4.69, 9.17) is 0 Å². The number of carbonyl (C=O) groups is 1. The van der Waals surface area contributed by atoms with Crippen molar-refractivity contribution in [3.63, 3.8) is 0 Å². The van der Waals surface area contributed by atoms with Gasteiger partial charge in [0.1, 0.15) is 0 Å². The number of halogens is 3. The Hall–Kier alpha value is -1.76. The summed E-state index contributed by atoms with van der Waals surface area (Å²) in [6.07, 6.45) is -4.79. The predicted octanol–water partition coefficient (Wildman–Crippen LogP) is 2.38. The van der Waals surface area contributed by atoms with Crippen molar-refractivity contribution in [3.8, 4) is 5.75 Å². The number of nitrogens with one attached hydrogen (secondary N) is 2. The van der Waals surface area contributed by atoms with Crippen LogP contribution in [-0.4, -0.2) is 25.4 Å². The van der Waals surface area contributed by atoms with Crippen LogP contribution in [0.25, 0.3) is 0 Å². The SMILES string of the molecule is C[C@@H]1CNC[C@H]1C(=O)Nc1ccccc1OC(F)(F)F. The maximum Gasteiger partial charge on any atom is 0.573 e. The lowest BCUT2D eigenvalue weighted by Crippen LogP contribution is -2.28. The summed E-state index contributed by atoms with van der Waals surface area (Å²) < 4.78 is 40.7. The Morgan fingerprint density at radius 1 is 1.35 bits per heavy atom. The van der Waals surface area contributed by atoms with E-state index >= 15 is 0 Å². The van der Waals surface area contributed by atoms with Crippen LogP contribution in [0.3, 0.4) is 0 Å². The third-order valence-corrected chi connectivity index (χ3v) is 3.22. The van der Waals surface area contributed by atoms with E-state index in [1.54, 1.807) is 0 Å². The van der Waals surface area contributed by atoms with Gasteiger partial charge in [0.2, 0.25) is 5.91 Å². The number of anilines is 1. The molecule has 0 unspecified atom stereocenters. The number of hydrogen-bond donors (Lipinski definition) is 2. The minimum atomic E-state index is -4.79. The molecule has 1 heterocycles. The number of alkyl halides is 3. The van der Waals surface area contributed by atoms with Gasteiger partial charge in [-0.25, -0.2) is 0 Å². The second kappa shape index (κ2) is 5.70. The molecule has 4 nitrogen and oxygen atoms in total. The quantitative estimate of drug-likeness (QED) is 0.898. The molecule has 0 aromatic heterocycles. The Kier molecular flexibility index (Phi) is 4.17. The Labute approximate surface area is 114 Å². The summed E-state index contributed by atoms with van der Waals surface area (Å²) in [6.45, 7) is 3.16. The average molecular weight is 288 g/mol. The first-order valence-corrected chi connectivity index (χ1v) is 6.23. The van der Waals surface area contributed by atoms with Crippen molar-refractivity contribution < 1.29 is 22.7 Å². The van der Waals surface area contributed by atoms with Crippen LogP contribution in [0.4, 0.5) is 18.9 Å². The molecule has 1 saturated heterocycles. The lowest BCUT2D eigenvalue weighted by molar-refractivity contribution is -0.274. The topological polar surface area (TPSA) is 50.4 Å². The second-order valence-corrected chi connectivity index (χ2v) is 4.78. The van der Waals surface area contributed by atoms with Crippen molar-refractivity contribution >= 4 is 11.6 Å². The van der Waals surface area contributed by atoms with Crippen molar-refractivity contribution in [2.24, 2.45) is 11.8 Å². The standard InChI is InChI=1S/C13H15F3N2O2/c1-8-6-17-7-9(8)12(19)18-10-4-2-3-5-11(10)20-13(14,15)16/h2-5,8-9,17H,6-7H2,1H3,(H,18,19)/t8-,9-/m1/s1.